The number of nitrogens with zero attached hydrogens (tertiary/aromatic N) is 1. The summed E-state index contributed by atoms with van der Waals surface area (Å²) in [5, 5.41) is 9.67. The number of aromatic hydroxyl groups is 1. The number of halogens is 1. The molecular weight excluding hydrogens is 285 g/mol. The van der Waals surface area contributed by atoms with Crippen LogP contribution in [-0.4, -0.2) is 17.1 Å². The molecular formula is C17H16FNO3. The van der Waals surface area contributed by atoms with Crippen molar-refractivity contribution in [2.45, 2.75) is 26.0 Å². The standard InChI is InChI=1S/C17H16FNO3/c1-2-15-17(21)19(10-11-3-5-12(18)6-4-11)14-9-13(20)7-8-16(14)22-15/h3-9,15,20H,2,10H2,1H3/t15-/m0/s1. The Kier molecular flexibility index (Phi) is 3.71. The van der Waals surface area contributed by atoms with Crippen molar-refractivity contribution in [3.8, 4) is 11.5 Å². The number of benzene rings is 2. The van der Waals surface area contributed by atoms with E-state index < -0.39 is 6.10 Å². The zero-order chi connectivity index (χ0) is 15.7. The highest BCUT2D eigenvalue weighted by Gasteiger charge is 2.33. The van der Waals surface area contributed by atoms with Crippen molar-refractivity contribution in [1.29, 1.82) is 0 Å². The largest absolute Gasteiger partial charge is 0.508 e. The van der Waals surface area contributed by atoms with E-state index in [1.54, 1.807) is 23.1 Å². The molecule has 1 atom stereocenters. The van der Waals surface area contributed by atoms with Gasteiger partial charge >= 0.3 is 0 Å². The Balaban J connectivity index is 1.98. The van der Waals surface area contributed by atoms with Crippen LogP contribution in [0.2, 0.25) is 0 Å². The van der Waals surface area contributed by atoms with Crippen LogP contribution in [0.4, 0.5) is 10.1 Å². The molecule has 2 aromatic carbocycles. The summed E-state index contributed by atoms with van der Waals surface area (Å²) in [6.07, 6.45) is 0.0106. The van der Waals surface area contributed by atoms with Crippen LogP contribution in [0.15, 0.2) is 42.5 Å². The van der Waals surface area contributed by atoms with Gasteiger partial charge in [-0.1, -0.05) is 19.1 Å². The number of phenolic OH excluding ortho intramolecular Hbond substituents is 1. The maximum absolute atomic E-state index is 13.0. The molecule has 1 heterocycles. The smallest absolute Gasteiger partial charge is 0.268 e. The zero-order valence-electron chi connectivity index (χ0n) is 12.1. The molecule has 0 radical (unpaired) electrons. The highest BCUT2D eigenvalue weighted by Crippen LogP contribution is 2.38. The fourth-order valence-electron chi connectivity index (χ4n) is 2.51. The number of anilines is 1. The maximum atomic E-state index is 13.0. The monoisotopic (exact) mass is 301 g/mol. The summed E-state index contributed by atoms with van der Waals surface area (Å²) in [6.45, 7) is 2.18. The van der Waals surface area contributed by atoms with Crippen LogP contribution in [-0.2, 0) is 11.3 Å². The highest BCUT2D eigenvalue weighted by molar-refractivity contribution is 6.00. The predicted octanol–water partition coefficient (Wildman–Crippen LogP) is 3.24. The Morgan fingerprint density at radius 1 is 1.23 bits per heavy atom. The van der Waals surface area contributed by atoms with Gasteiger partial charge in [0, 0.05) is 6.07 Å². The third-order valence-corrected chi connectivity index (χ3v) is 3.67. The number of phenols is 1. The molecule has 0 spiro atoms. The summed E-state index contributed by atoms with van der Waals surface area (Å²) in [6, 6.07) is 10.7. The third kappa shape index (κ3) is 2.62. The average molecular weight is 301 g/mol. The van der Waals surface area contributed by atoms with Gasteiger partial charge in [-0.15, -0.1) is 0 Å². The lowest BCUT2D eigenvalue weighted by atomic mass is 10.1. The van der Waals surface area contributed by atoms with Crippen molar-refractivity contribution < 1.29 is 19.0 Å². The van der Waals surface area contributed by atoms with Crippen LogP contribution < -0.4 is 9.64 Å². The second-order valence-corrected chi connectivity index (χ2v) is 5.22. The van der Waals surface area contributed by atoms with Crippen LogP contribution in [0.5, 0.6) is 11.5 Å². The van der Waals surface area contributed by atoms with Gasteiger partial charge in [-0.3, -0.25) is 4.79 Å². The van der Waals surface area contributed by atoms with E-state index in [4.69, 9.17) is 4.74 Å². The summed E-state index contributed by atoms with van der Waals surface area (Å²) in [5.41, 5.74) is 1.33. The number of hydrogen-bond donors (Lipinski definition) is 1. The molecule has 1 aliphatic heterocycles. The van der Waals surface area contributed by atoms with Crippen LogP contribution in [0.25, 0.3) is 0 Å². The molecule has 0 bridgehead atoms. The van der Waals surface area contributed by atoms with E-state index >= 15 is 0 Å². The van der Waals surface area contributed by atoms with E-state index in [1.165, 1.54) is 24.3 Å². The lowest BCUT2D eigenvalue weighted by molar-refractivity contribution is -0.126. The molecule has 22 heavy (non-hydrogen) atoms. The molecule has 0 saturated carbocycles. The number of fused-ring (bicyclic) bond motifs is 1. The van der Waals surface area contributed by atoms with Crippen molar-refractivity contribution in [1.82, 2.24) is 0 Å². The topological polar surface area (TPSA) is 49.8 Å². The quantitative estimate of drug-likeness (QED) is 0.947. The number of amides is 1. The molecule has 4 nitrogen and oxygen atoms in total. The molecule has 0 aromatic heterocycles. The van der Waals surface area contributed by atoms with Crippen molar-refractivity contribution in [2.24, 2.45) is 0 Å². The fourth-order valence-corrected chi connectivity index (χ4v) is 2.51. The Labute approximate surface area is 127 Å². The summed E-state index contributed by atoms with van der Waals surface area (Å²) in [4.78, 5) is 14.1. The van der Waals surface area contributed by atoms with Gasteiger partial charge in [-0.05, 0) is 36.2 Å². The van der Waals surface area contributed by atoms with E-state index in [-0.39, 0.29) is 17.5 Å². The first-order valence-corrected chi connectivity index (χ1v) is 7.14. The predicted molar refractivity (Wildman–Crippen MR) is 80.4 cm³/mol. The normalized spacial score (nSPS) is 17.1. The molecule has 2 aromatic rings. The van der Waals surface area contributed by atoms with E-state index in [9.17, 15) is 14.3 Å². The van der Waals surface area contributed by atoms with Crippen molar-refractivity contribution in [3.05, 3.63) is 53.8 Å². The molecule has 1 aliphatic rings. The molecule has 1 N–H and O–H groups in total. The average Bonchev–Trinajstić information content (AvgIpc) is 2.52. The number of ether oxygens (including phenoxy) is 1. The molecule has 5 heteroatoms. The van der Waals surface area contributed by atoms with Gasteiger partial charge < -0.3 is 14.7 Å². The van der Waals surface area contributed by atoms with E-state index in [1.807, 2.05) is 6.92 Å². The summed E-state index contributed by atoms with van der Waals surface area (Å²) >= 11 is 0. The molecule has 3 rings (SSSR count). The Bertz CT molecular complexity index is 700. The fraction of sp³-hybridized carbons (Fsp3) is 0.235. The maximum Gasteiger partial charge on any atom is 0.268 e. The van der Waals surface area contributed by atoms with E-state index in [0.717, 1.165) is 5.56 Å². The minimum absolute atomic E-state index is 0.0641. The molecule has 114 valence electrons. The number of hydrogen-bond acceptors (Lipinski definition) is 3. The molecule has 0 unspecified atom stereocenters. The Morgan fingerprint density at radius 2 is 1.95 bits per heavy atom. The van der Waals surface area contributed by atoms with Crippen LogP contribution in [0.1, 0.15) is 18.9 Å². The van der Waals surface area contributed by atoms with Gasteiger partial charge in [0.15, 0.2) is 6.10 Å². The van der Waals surface area contributed by atoms with E-state index in [0.29, 0.717) is 24.4 Å². The van der Waals surface area contributed by atoms with Gasteiger partial charge in [0.1, 0.15) is 17.3 Å². The van der Waals surface area contributed by atoms with Gasteiger partial charge in [-0.2, -0.15) is 0 Å². The Morgan fingerprint density at radius 3 is 2.64 bits per heavy atom. The third-order valence-electron chi connectivity index (χ3n) is 3.67. The minimum atomic E-state index is -0.544. The van der Waals surface area contributed by atoms with Gasteiger partial charge in [0.25, 0.3) is 5.91 Å². The Hall–Kier alpha value is -2.56. The van der Waals surface area contributed by atoms with Gasteiger partial charge in [0.2, 0.25) is 0 Å². The van der Waals surface area contributed by atoms with Crippen molar-refractivity contribution in [3.63, 3.8) is 0 Å². The second-order valence-electron chi connectivity index (χ2n) is 5.22. The van der Waals surface area contributed by atoms with Gasteiger partial charge in [0.05, 0.1) is 12.2 Å². The first-order chi connectivity index (χ1) is 10.6. The number of carbonyl (C=O) groups excluding carboxylic acids is 1. The lowest BCUT2D eigenvalue weighted by Crippen LogP contribution is -2.45. The van der Waals surface area contributed by atoms with Crippen LogP contribution in [0, 0.1) is 5.82 Å². The lowest BCUT2D eigenvalue weighted by Gasteiger charge is -2.34. The zero-order valence-corrected chi connectivity index (χ0v) is 12.1. The summed E-state index contributed by atoms with van der Waals surface area (Å²) in [7, 11) is 0. The minimum Gasteiger partial charge on any atom is -0.508 e. The molecule has 0 saturated heterocycles. The van der Waals surface area contributed by atoms with Crippen molar-refractivity contribution in [2.75, 3.05) is 4.90 Å². The first-order valence-electron chi connectivity index (χ1n) is 7.14. The SMILES string of the molecule is CC[C@@H]1Oc2ccc(O)cc2N(Cc2ccc(F)cc2)C1=O. The van der Waals surface area contributed by atoms with Crippen LogP contribution in [0.3, 0.4) is 0 Å². The molecule has 0 fully saturated rings. The van der Waals surface area contributed by atoms with Crippen LogP contribution >= 0.6 is 0 Å². The highest BCUT2D eigenvalue weighted by atomic mass is 19.1. The summed E-state index contributed by atoms with van der Waals surface area (Å²) < 4.78 is 18.7. The summed E-state index contributed by atoms with van der Waals surface area (Å²) in [5.74, 6) is 0.145. The number of carbonyl (C=O) groups is 1. The molecule has 1 amide bonds. The second kappa shape index (κ2) is 5.67. The molecule has 0 aliphatic carbocycles. The first kappa shape index (κ1) is 14.4. The van der Waals surface area contributed by atoms with Gasteiger partial charge in [-0.25, -0.2) is 4.39 Å². The number of rotatable bonds is 3. The van der Waals surface area contributed by atoms with Crippen molar-refractivity contribution >= 4 is 11.6 Å². The van der Waals surface area contributed by atoms with E-state index in [2.05, 4.69) is 0 Å².